The lowest BCUT2D eigenvalue weighted by atomic mass is 9.88. The molecule has 5 N–H and O–H groups in total. The van der Waals surface area contributed by atoms with Gasteiger partial charge in [0.15, 0.2) is 5.57 Å². The molecule has 7 nitrogen and oxygen atoms in total. The smallest absolute Gasteiger partial charge is 0.364 e. The monoisotopic (exact) mass is 311 g/mol. The lowest BCUT2D eigenvalue weighted by Gasteiger charge is -2.25. The van der Waals surface area contributed by atoms with Gasteiger partial charge < -0.3 is 15.0 Å². The summed E-state index contributed by atoms with van der Waals surface area (Å²) in [6.45, 7) is 0. The largest absolute Gasteiger partial charge is 0.369 e. The summed E-state index contributed by atoms with van der Waals surface area (Å²) in [5, 5.41) is 3.24. The lowest BCUT2D eigenvalue weighted by molar-refractivity contribution is -0.147. The van der Waals surface area contributed by atoms with Gasteiger partial charge in [-0.15, -0.1) is 0 Å². The summed E-state index contributed by atoms with van der Waals surface area (Å²) in [7, 11) is 0. The van der Waals surface area contributed by atoms with Crippen LogP contribution in [0.4, 0.5) is 11.4 Å². The van der Waals surface area contributed by atoms with Gasteiger partial charge in [0.05, 0.1) is 0 Å². The van der Waals surface area contributed by atoms with E-state index in [1.54, 1.807) is 24.3 Å². The van der Waals surface area contributed by atoms with Crippen molar-refractivity contribution in [3.63, 3.8) is 0 Å². The second-order valence-corrected chi connectivity index (χ2v) is 4.78. The second-order valence-electron chi connectivity index (χ2n) is 4.78. The number of anilines is 2. The average molecular weight is 311 g/mol. The minimum atomic E-state index is -1.03. The molecular formula is C16H13N3O4. The number of hydrogen-bond acceptors (Lipinski definition) is 7. The molecule has 0 saturated carbocycles. The molecule has 23 heavy (non-hydrogen) atoms. The zero-order valence-electron chi connectivity index (χ0n) is 11.9. The first-order valence-corrected chi connectivity index (χ1v) is 6.69. The van der Waals surface area contributed by atoms with Crippen molar-refractivity contribution in [2.24, 2.45) is 11.8 Å². The van der Waals surface area contributed by atoms with E-state index in [1.165, 1.54) is 0 Å². The molecule has 116 valence electrons. The van der Waals surface area contributed by atoms with Crippen LogP contribution in [0, 0.1) is 0 Å². The van der Waals surface area contributed by atoms with Gasteiger partial charge in [-0.25, -0.2) is 9.59 Å². The summed E-state index contributed by atoms with van der Waals surface area (Å²) >= 11 is 0. The summed E-state index contributed by atoms with van der Waals surface area (Å²) in [5.41, 5.74) is 2.72. The van der Waals surface area contributed by atoms with Crippen LogP contribution in [0.1, 0.15) is 11.1 Å². The van der Waals surface area contributed by atoms with E-state index in [4.69, 9.17) is 11.8 Å². The number of hydrogen-bond donors (Lipinski definition) is 3. The Morgan fingerprint density at radius 1 is 0.783 bits per heavy atom. The Morgan fingerprint density at radius 3 is 1.65 bits per heavy atom. The molecular weight excluding hydrogens is 298 g/mol. The minimum absolute atomic E-state index is 0.348. The SMILES string of the molecule is NOC(=O)C(C(=O)ON)=C1c2ccccc2Nc2ccccc21. The van der Waals surface area contributed by atoms with E-state index < -0.39 is 11.9 Å². The summed E-state index contributed by atoms with van der Waals surface area (Å²) in [6.07, 6.45) is 0. The van der Waals surface area contributed by atoms with Gasteiger partial charge in [-0.3, -0.25) is 0 Å². The molecule has 0 aliphatic carbocycles. The van der Waals surface area contributed by atoms with Crippen LogP contribution in [0.5, 0.6) is 0 Å². The number of carbonyl (C=O) groups is 2. The Balaban J connectivity index is 2.38. The standard InChI is InChI=1S/C16H13N3O4/c17-22-15(20)14(16(21)23-18)13-9-5-1-3-7-11(9)19-12-8-4-2-6-10(12)13/h1-8,19H,17-18H2. The molecule has 2 aromatic carbocycles. The van der Waals surface area contributed by atoms with Gasteiger partial charge in [0.1, 0.15) is 0 Å². The van der Waals surface area contributed by atoms with E-state index in [0.717, 1.165) is 11.4 Å². The van der Waals surface area contributed by atoms with Crippen molar-refractivity contribution in [1.29, 1.82) is 0 Å². The van der Waals surface area contributed by atoms with Crippen LogP contribution >= 0.6 is 0 Å². The van der Waals surface area contributed by atoms with Crippen molar-refractivity contribution in [2.75, 3.05) is 5.32 Å². The van der Waals surface area contributed by atoms with Crippen LogP contribution in [0.25, 0.3) is 5.57 Å². The normalized spacial score (nSPS) is 11.7. The quantitative estimate of drug-likeness (QED) is 0.283. The van der Waals surface area contributed by atoms with Crippen molar-refractivity contribution in [1.82, 2.24) is 0 Å². The molecule has 1 aliphatic rings. The maximum atomic E-state index is 12.0. The lowest BCUT2D eigenvalue weighted by Crippen LogP contribution is -2.25. The van der Waals surface area contributed by atoms with Gasteiger partial charge in [-0.05, 0) is 12.1 Å². The third kappa shape index (κ3) is 2.44. The Bertz CT molecular complexity index is 764. The van der Waals surface area contributed by atoms with E-state index in [2.05, 4.69) is 15.0 Å². The Labute approximate surface area is 131 Å². The molecule has 1 heterocycles. The van der Waals surface area contributed by atoms with Crippen LogP contribution in [0.15, 0.2) is 54.1 Å². The van der Waals surface area contributed by atoms with Gasteiger partial charge in [0.2, 0.25) is 0 Å². The van der Waals surface area contributed by atoms with E-state index >= 15 is 0 Å². The molecule has 0 radical (unpaired) electrons. The average Bonchev–Trinajstić information content (AvgIpc) is 2.60. The first kappa shape index (κ1) is 14.8. The third-order valence-corrected chi connectivity index (χ3v) is 3.53. The number of fused-ring (bicyclic) bond motifs is 2. The van der Waals surface area contributed by atoms with Crippen molar-refractivity contribution in [3.8, 4) is 0 Å². The first-order chi connectivity index (χ1) is 11.2. The van der Waals surface area contributed by atoms with E-state index in [-0.39, 0.29) is 5.57 Å². The van der Waals surface area contributed by atoms with Gasteiger partial charge >= 0.3 is 11.9 Å². The van der Waals surface area contributed by atoms with E-state index in [1.807, 2.05) is 24.3 Å². The van der Waals surface area contributed by atoms with Crippen molar-refractivity contribution in [2.45, 2.75) is 0 Å². The number of benzene rings is 2. The molecule has 7 heteroatoms. The molecule has 0 amide bonds. The van der Waals surface area contributed by atoms with Gasteiger partial charge in [-0.1, -0.05) is 36.4 Å². The molecule has 0 aromatic heterocycles. The van der Waals surface area contributed by atoms with Gasteiger partial charge in [-0.2, -0.15) is 11.8 Å². The molecule has 0 unspecified atom stereocenters. The van der Waals surface area contributed by atoms with Crippen molar-refractivity contribution >= 4 is 28.9 Å². The fourth-order valence-electron chi connectivity index (χ4n) is 2.59. The molecule has 0 bridgehead atoms. The predicted molar refractivity (Wildman–Crippen MR) is 82.7 cm³/mol. The number of nitrogens with two attached hydrogens (primary N) is 2. The van der Waals surface area contributed by atoms with Crippen LogP contribution in [-0.4, -0.2) is 11.9 Å². The number of carbonyl (C=O) groups excluding carboxylic acids is 2. The minimum Gasteiger partial charge on any atom is -0.369 e. The van der Waals surface area contributed by atoms with Crippen molar-refractivity contribution in [3.05, 3.63) is 65.2 Å². The van der Waals surface area contributed by atoms with E-state index in [9.17, 15) is 9.59 Å². The number of rotatable bonds is 2. The zero-order chi connectivity index (χ0) is 16.4. The van der Waals surface area contributed by atoms with Crippen LogP contribution in [0.3, 0.4) is 0 Å². The predicted octanol–water partition coefficient (Wildman–Crippen LogP) is 1.38. The van der Waals surface area contributed by atoms with Crippen LogP contribution in [-0.2, 0) is 19.3 Å². The summed E-state index contributed by atoms with van der Waals surface area (Å²) in [4.78, 5) is 32.6. The molecule has 2 aromatic rings. The number of nitrogens with one attached hydrogen (secondary N) is 1. The maximum absolute atomic E-state index is 12.0. The van der Waals surface area contributed by atoms with Gasteiger partial charge in [0, 0.05) is 28.1 Å². The summed E-state index contributed by atoms with van der Waals surface area (Å²) in [5.74, 6) is 7.88. The highest BCUT2D eigenvalue weighted by molar-refractivity contribution is 6.23. The first-order valence-electron chi connectivity index (χ1n) is 6.69. The highest BCUT2D eigenvalue weighted by Gasteiger charge is 2.31. The molecule has 0 spiro atoms. The fourth-order valence-corrected chi connectivity index (χ4v) is 2.59. The molecule has 1 aliphatic heterocycles. The zero-order valence-corrected chi connectivity index (χ0v) is 11.9. The second kappa shape index (κ2) is 5.91. The fraction of sp³-hybridized carbons (Fsp3) is 0. The Hall–Kier alpha value is -3.16. The maximum Gasteiger partial charge on any atom is 0.364 e. The molecule has 0 atom stereocenters. The van der Waals surface area contributed by atoms with Gasteiger partial charge in [0.25, 0.3) is 0 Å². The molecule has 3 rings (SSSR count). The topological polar surface area (TPSA) is 117 Å². The van der Waals surface area contributed by atoms with Crippen LogP contribution < -0.4 is 17.1 Å². The Kier molecular flexibility index (Phi) is 3.80. The van der Waals surface area contributed by atoms with E-state index in [0.29, 0.717) is 16.7 Å². The highest BCUT2D eigenvalue weighted by atomic mass is 16.7. The number of para-hydroxylation sites is 2. The molecule has 0 fully saturated rings. The van der Waals surface area contributed by atoms with Crippen LogP contribution in [0.2, 0.25) is 0 Å². The molecule has 0 saturated heterocycles. The Morgan fingerprint density at radius 2 is 1.22 bits per heavy atom. The summed E-state index contributed by atoms with van der Waals surface area (Å²) in [6, 6.07) is 14.4. The summed E-state index contributed by atoms with van der Waals surface area (Å²) < 4.78 is 0. The highest BCUT2D eigenvalue weighted by Crippen LogP contribution is 2.42. The third-order valence-electron chi connectivity index (χ3n) is 3.53. The van der Waals surface area contributed by atoms with Crippen molar-refractivity contribution < 1.29 is 19.3 Å².